The van der Waals surface area contributed by atoms with Gasteiger partial charge in [0.1, 0.15) is 5.75 Å². The van der Waals surface area contributed by atoms with Crippen LogP contribution in [0.15, 0.2) is 18.2 Å². The molecule has 0 aliphatic rings. The van der Waals surface area contributed by atoms with E-state index in [9.17, 15) is 5.11 Å². The molecule has 0 aliphatic carbocycles. The fourth-order valence-electron chi connectivity index (χ4n) is 1.67. The van der Waals surface area contributed by atoms with Gasteiger partial charge in [-0.05, 0) is 47.3 Å². The summed E-state index contributed by atoms with van der Waals surface area (Å²) in [6.45, 7) is 15.7. The Morgan fingerprint density at radius 1 is 1.21 bits per heavy atom. The lowest BCUT2D eigenvalue weighted by Crippen LogP contribution is -2.44. The van der Waals surface area contributed by atoms with Crippen LogP contribution in [0.1, 0.15) is 51.7 Å². The smallest absolute Gasteiger partial charge is 0.250 e. The molecule has 1 aromatic rings. The van der Waals surface area contributed by atoms with Crippen LogP contribution < -0.4 is 4.43 Å². The van der Waals surface area contributed by atoms with E-state index in [1.807, 2.05) is 12.1 Å². The van der Waals surface area contributed by atoms with Crippen molar-refractivity contribution < 1.29 is 9.53 Å². The van der Waals surface area contributed by atoms with Crippen LogP contribution in [0.3, 0.4) is 0 Å². The van der Waals surface area contributed by atoms with Crippen LogP contribution in [0.4, 0.5) is 0 Å². The Kier molecular flexibility index (Phi) is 4.85. The minimum atomic E-state index is -1.81. The van der Waals surface area contributed by atoms with E-state index in [-0.39, 0.29) is 11.6 Å². The zero-order valence-electron chi connectivity index (χ0n) is 13.4. The lowest BCUT2D eigenvalue weighted by Gasteiger charge is -2.37. The molecule has 0 unspecified atom stereocenters. The summed E-state index contributed by atoms with van der Waals surface area (Å²) in [6, 6.07) is 6.03. The zero-order valence-corrected chi connectivity index (χ0v) is 14.4. The average molecular weight is 280 g/mol. The van der Waals surface area contributed by atoms with Gasteiger partial charge in [0.2, 0.25) is 8.32 Å². The fraction of sp³-hybridized carbons (Fsp3) is 0.625. The molecule has 0 fully saturated rings. The number of hydrogen-bond donors (Lipinski definition) is 1. The third kappa shape index (κ3) is 3.83. The Hall–Kier alpha value is -0.803. The number of hydrogen-bond acceptors (Lipinski definition) is 2. The number of aliphatic hydroxyl groups excluding tert-OH is 1. The maximum absolute atomic E-state index is 9.26. The zero-order chi connectivity index (χ0) is 14.8. The first-order valence-corrected chi connectivity index (χ1v) is 9.92. The van der Waals surface area contributed by atoms with E-state index in [2.05, 4.69) is 53.8 Å². The van der Waals surface area contributed by atoms with Crippen LogP contribution in [-0.4, -0.2) is 13.4 Å². The monoisotopic (exact) mass is 280 g/mol. The second-order valence-electron chi connectivity index (χ2n) is 7.05. The summed E-state index contributed by atoms with van der Waals surface area (Å²) in [4.78, 5) is 0. The van der Waals surface area contributed by atoms with E-state index in [0.29, 0.717) is 5.92 Å². The van der Waals surface area contributed by atoms with E-state index in [4.69, 9.17) is 4.43 Å². The van der Waals surface area contributed by atoms with E-state index in [0.717, 1.165) is 11.3 Å². The van der Waals surface area contributed by atoms with Gasteiger partial charge in [0.25, 0.3) is 0 Å². The normalized spacial score (nSPS) is 12.9. The Morgan fingerprint density at radius 3 is 2.21 bits per heavy atom. The van der Waals surface area contributed by atoms with E-state index in [1.165, 1.54) is 5.56 Å². The van der Waals surface area contributed by atoms with Crippen molar-refractivity contribution in [3.05, 3.63) is 29.3 Å². The van der Waals surface area contributed by atoms with E-state index >= 15 is 0 Å². The Morgan fingerprint density at radius 2 is 1.79 bits per heavy atom. The third-order valence-corrected chi connectivity index (χ3v) is 8.39. The van der Waals surface area contributed by atoms with Gasteiger partial charge in [0, 0.05) is 0 Å². The highest BCUT2D eigenvalue weighted by atomic mass is 28.4. The van der Waals surface area contributed by atoms with Crippen molar-refractivity contribution in [2.45, 2.75) is 65.3 Å². The van der Waals surface area contributed by atoms with Crippen molar-refractivity contribution in [1.82, 2.24) is 0 Å². The van der Waals surface area contributed by atoms with Gasteiger partial charge in [-0.2, -0.15) is 0 Å². The molecule has 1 rings (SSSR count). The first-order valence-electron chi connectivity index (χ1n) is 7.01. The summed E-state index contributed by atoms with van der Waals surface area (Å²) >= 11 is 0. The second kappa shape index (κ2) is 5.67. The molecular weight excluding hydrogens is 252 g/mol. The Labute approximate surface area is 118 Å². The lowest BCUT2D eigenvalue weighted by atomic mass is 10.00. The van der Waals surface area contributed by atoms with Crippen molar-refractivity contribution in [2.75, 3.05) is 0 Å². The Balaban J connectivity index is 3.14. The van der Waals surface area contributed by atoms with Gasteiger partial charge in [0.05, 0.1) is 6.61 Å². The highest BCUT2D eigenvalue weighted by Crippen LogP contribution is 2.39. The minimum absolute atomic E-state index is 0.0834. The van der Waals surface area contributed by atoms with Gasteiger partial charge in [-0.25, -0.2) is 0 Å². The maximum atomic E-state index is 9.26. The van der Waals surface area contributed by atoms with Crippen LogP contribution in [0.2, 0.25) is 18.1 Å². The molecule has 19 heavy (non-hydrogen) atoms. The molecule has 1 aromatic carbocycles. The molecule has 0 saturated heterocycles. The molecule has 0 atom stereocenters. The SMILES string of the molecule is CC(C)c1cc(CO)ccc1O[Si](C)(C)C(C)(C)C. The van der Waals surface area contributed by atoms with Crippen LogP contribution in [0, 0.1) is 0 Å². The van der Waals surface area contributed by atoms with Crippen molar-refractivity contribution in [3.63, 3.8) is 0 Å². The maximum Gasteiger partial charge on any atom is 0.250 e. The van der Waals surface area contributed by atoms with Crippen LogP contribution in [0.25, 0.3) is 0 Å². The Bertz CT molecular complexity index is 431. The predicted molar refractivity (Wildman–Crippen MR) is 84.3 cm³/mol. The molecule has 0 bridgehead atoms. The topological polar surface area (TPSA) is 29.5 Å². The molecule has 0 radical (unpaired) electrons. The molecule has 3 heteroatoms. The molecule has 0 spiro atoms. The van der Waals surface area contributed by atoms with Gasteiger partial charge < -0.3 is 9.53 Å². The quantitative estimate of drug-likeness (QED) is 0.811. The van der Waals surface area contributed by atoms with Crippen molar-refractivity contribution in [2.24, 2.45) is 0 Å². The first-order chi connectivity index (χ1) is 8.58. The molecule has 0 saturated carbocycles. The van der Waals surface area contributed by atoms with Crippen molar-refractivity contribution in [1.29, 1.82) is 0 Å². The van der Waals surface area contributed by atoms with Crippen LogP contribution in [-0.2, 0) is 6.61 Å². The molecule has 2 nitrogen and oxygen atoms in total. The van der Waals surface area contributed by atoms with Crippen LogP contribution in [0.5, 0.6) is 5.75 Å². The average Bonchev–Trinajstić information content (AvgIpc) is 2.27. The molecule has 0 aromatic heterocycles. The van der Waals surface area contributed by atoms with Gasteiger partial charge in [0.15, 0.2) is 0 Å². The van der Waals surface area contributed by atoms with Crippen LogP contribution >= 0.6 is 0 Å². The largest absolute Gasteiger partial charge is 0.543 e. The first kappa shape index (κ1) is 16.3. The summed E-state index contributed by atoms with van der Waals surface area (Å²) in [5.74, 6) is 1.38. The predicted octanol–water partition coefficient (Wildman–Crippen LogP) is 4.69. The molecule has 0 heterocycles. The summed E-state index contributed by atoms with van der Waals surface area (Å²) < 4.78 is 6.42. The summed E-state index contributed by atoms with van der Waals surface area (Å²) in [5.41, 5.74) is 2.14. The number of aliphatic hydroxyl groups is 1. The van der Waals surface area contributed by atoms with E-state index in [1.54, 1.807) is 0 Å². The second-order valence-corrected chi connectivity index (χ2v) is 11.8. The molecular formula is C16H28O2Si. The summed E-state index contributed by atoms with van der Waals surface area (Å²) in [5, 5.41) is 9.46. The van der Waals surface area contributed by atoms with Crippen molar-refractivity contribution in [3.8, 4) is 5.75 Å². The van der Waals surface area contributed by atoms with Crippen molar-refractivity contribution >= 4 is 8.32 Å². The highest BCUT2D eigenvalue weighted by molar-refractivity contribution is 6.74. The molecule has 1 N–H and O–H groups in total. The highest BCUT2D eigenvalue weighted by Gasteiger charge is 2.39. The minimum Gasteiger partial charge on any atom is -0.543 e. The standard InChI is InChI=1S/C16H28O2Si/c1-12(2)14-10-13(11-17)8-9-15(14)18-19(6,7)16(3,4)5/h8-10,12,17H,11H2,1-7H3. The molecule has 108 valence electrons. The molecule has 0 aliphatic heterocycles. The molecule has 0 amide bonds. The van der Waals surface area contributed by atoms with E-state index < -0.39 is 8.32 Å². The van der Waals surface area contributed by atoms with Gasteiger partial charge in [-0.3, -0.25) is 0 Å². The fourth-order valence-corrected chi connectivity index (χ4v) is 2.71. The lowest BCUT2D eigenvalue weighted by molar-refractivity contribution is 0.281. The summed E-state index contributed by atoms with van der Waals surface area (Å²) in [6.07, 6.45) is 0. The number of rotatable bonds is 4. The number of benzene rings is 1. The van der Waals surface area contributed by atoms with Gasteiger partial charge >= 0.3 is 0 Å². The third-order valence-electron chi connectivity index (χ3n) is 4.05. The summed E-state index contributed by atoms with van der Waals surface area (Å²) in [7, 11) is -1.81. The van der Waals surface area contributed by atoms with Gasteiger partial charge in [-0.15, -0.1) is 0 Å². The van der Waals surface area contributed by atoms with Gasteiger partial charge in [-0.1, -0.05) is 40.7 Å².